The van der Waals surface area contributed by atoms with Gasteiger partial charge in [-0.1, -0.05) is 48.5 Å². The lowest BCUT2D eigenvalue weighted by molar-refractivity contribution is -0.205. The summed E-state index contributed by atoms with van der Waals surface area (Å²) in [6, 6.07) is 13.4. The van der Waals surface area contributed by atoms with E-state index in [1.165, 1.54) is 0 Å². The Morgan fingerprint density at radius 2 is 1.60 bits per heavy atom. The summed E-state index contributed by atoms with van der Waals surface area (Å²) in [5.41, 5.74) is 3.97. The van der Waals surface area contributed by atoms with E-state index in [0.29, 0.717) is 4.90 Å². The van der Waals surface area contributed by atoms with E-state index in [-0.39, 0.29) is 31.9 Å². The van der Waals surface area contributed by atoms with Gasteiger partial charge in [-0.3, -0.25) is 4.90 Å². The highest BCUT2D eigenvalue weighted by Crippen LogP contribution is 2.45. The van der Waals surface area contributed by atoms with Gasteiger partial charge in [-0.05, 0) is 35.1 Å². The highest BCUT2D eigenvalue weighted by molar-refractivity contribution is 5.81. The smallest absolute Gasteiger partial charge is 0.410 e. The van der Waals surface area contributed by atoms with Crippen LogP contribution in [0.3, 0.4) is 0 Å². The molecular formula is C22H20F3NO4. The number of likely N-dealkylation sites (tertiary alicyclic amines) is 1. The zero-order valence-corrected chi connectivity index (χ0v) is 15.9. The molecule has 0 radical (unpaired) electrons. The van der Waals surface area contributed by atoms with Crippen LogP contribution in [-0.4, -0.2) is 47.4 Å². The van der Waals surface area contributed by atoms with Gasteiger partial charge in [0.2, 0.25) is 0 Å². The minimum absolute atomic E-state index is 0.0676. The van der Waals surface area contributed by atoms with Crippen molar-refractivity contribution in [2.24, 2.45) is 5.92 Å². The average Bonchev–Trinajstić information content (AvgIpc) is 3.04. The molecule has 2 aromatic carbocycles. The summed E-state index contributed by atoms with van der Waals surface area (Å²) in [4.78, 5) is 24.9. The SMILES string of the molecule is O=C(O)[C@@H]1[C@H](C(F)(F)F)CCCN1C(=O)OCC1c2ccccc2-c2ccccc21. The Morgan fingerprint density at radius 3 is 2.13 bits per heavy atom. The Labute approximate surface area is 171 Å². The highest BCUT2D eigenvalue weighted by atomic mass is 19.4. The number of alkyl halides is 3. The zero-order valence-electron chi connectivity index (χ0n) is 15.9. The molecule has 8 heteroatoms. The van der Waals surface area contributed by atoms with Crippen molar-refractivity contribution in [2.75, 3.05) is 13.2 Å². The van der Waals surface area contributed by atoms with Gasteiger partial charge in [-0.2, -0.15) is 13.2 Å². The number of piperidine rings is 1. The van der Waals surface area contributed by atoms with Crippen LogP contribution in [-0.2, 0) is 9.53 Å². The molecule has 0 aromatic heterocycles. The minimum Gasteiger partial charge on any atom is -0.480 e. The van der Waals surface area contributed by atoms with Gasteiger partial charge in [0.05, 0.1) is 5.92 Å². The van der Waals surface area contributed by atoms with Crippen LogP contribution in [0.15, 0.2) is 48.5 Å². The van der Waals surface area contributed by atoms with Crippen molar-refractivity contribution in [3.05, 3.63) is 59.7 Å². The minimum atomic E-state index is -4.70. The second-order valence-electron chi connectivity index (χ2n) is 7.57. The molecule has 0 spiro atoms. The van der Waals surface area contributed by atoms with Gasteiger partial charge in [0, 0.05) is 12.5 Å². The van der Waals surface area contributed by atoms with Crippen LogP contribution in [0.1, 0.15) is 29.9 Å². The predicted molar refractivity (Wildman–Crippen MR) is 102 cm³/mol. The molecule has 1 aliphatic heterocycles. The maximum Gasteiger partial charge on any atom is 0.410 e. The molecule has 30 heavy (non-hydrogen) atoms. The van der Waals surface area contributed by atoms with E-state index in [1.807, 2.05) is 48.5 Å². The van der Waals surface area contributed by atoms with Gasteiger partial charge in [0.1, 0.15) is 12.6 Å². The molecule has 2 aliphatic rings. The lowest BCUT2D eigenvalue weighted by Crippen LogP contribution is -2.56. The number of carboxylic acids is 1. The number of carbonyl (C=O) groups excluding carboxylic acids is 1. The molecule has 2 atom stereocenters. The van der Waals surface area contributed by atoms with Crippen molar-refractivity contribution in [1.82, 2.24) is 4.90 Å². The standard InChI is InChI=1S/C22H20F3NO4/c23-22(24,25)18-10-5-11-26(19(18)20(27)28)21(29)30-12-17-15-8-3-1-6-13(15)14-7-2-4-9-16(14)17/h1-4,6-9,17-19H,5,10-12H2,(H,27,28)/t18-,19+/m1/s1. The van der Waals surface area contributed by atoms with E-state index >= 15 is 0 Å². The Bertz CT molecular complexity index is 929. The van der Waals surface area contributed by atoms with Crippen LogP contribution in [0.2, 0.25) is 0 Å². The summed E-state index contributed by atoms with van der Waals surface area (Å²) in [5, 5.41) is 9.38. The van der Waals surface area contributed by atoms with Gasteiger partial charge < -0.3 is 9.84 Å². The molecule has 5 nitrogen and oxygen atoms in total. The Morgan fingerprint density at radius 1 is 1.03 bits per heavy atom. The molecule has 1 heterocycles. The van der Waals surface area contributed by atoms with Gasteiger partial charge in [0.15, 0.2) is 0 Å². The lowest BCUT2D eigenvalue weighted by atomic mass is 9.89. The number of aliphatic carboxylic acids is 1. The molecule has 1 N–H and O–H groups in total. The van der Waals surface area contributed by atoms with Crippen LogP contribution < -0.4 is 0 Å². The third-order valence-corrected chi connectivity index (χ3v) is 5.88. The molecule has 1 aliphatic carbocycles. The van der Waals surface area contributed by atoms with Crippen molar-refractivity contribution in [3.63, 3.8) is 0 Å². The molecule has 1 saturated heterocycles. The summed E-state index contributed by atoms with van der Waals surface area (Å²) < 4.78 is 45.3. The fourth-order valence-electron chi connectivity index (χ4n) is 4.53. The summed E-state index contributed by atoms with van der Waals surface area (Å²) in [5.74, 6) is -4.04. The maximum absolute atomic E-state index is 13.3. The largest absolute Gasteiger partial charge is 0.480 e. The third kappa shape index (κ3) is 3.51. The second kappa shape index (κ2) is 7.66. The lowest BCUT2D eigenvalue weighted by Gasteiger charge is -2.38. The van der Waals surface area contributed by atoms with Crippen molar-refractivity contribution in [1.29, 1.82) is 0 Å². The quantitative estimate of drug-likeness (QED) is 0.786. The fraction of sp³-hybridized carbons (Fsp3) is 0.364. The normalized spacial score (nSPS) is 21.1. The number of rotatable bonds is 3. The number of carbonyl (C=O) groups is 2. The van der Waals surface area contributed by atoms with E-state index in [2.05, 4.69) is 0 Å². The van der Waals surface area contributed by atoms with Crippen LogP contribution >= 0.6 is 0 Å². The average molecular weight is 419 g/mol. The van der Waals surface area contributed by atoms with Crippen LogP contribution in [0.4, 0.5) is 18.0 Å². The second-order valence-corrected chi connectivity index (χ2v) is 7.57. The van der Waals surface area contributed by atoms with Crippen LogP contribution in [0.25, 0.3) is 11.1 Å². The molecule has 0 saturated carbocycles. The molecule has 0 unspecified atom stereocenters. The Balaban J connectivity index is 1.54. The van der Waals surface area contributed by atoms with Crippen molar-refractivity contribution >= 4 is 12.1 Å². The number of benzene rings is 2. The molecule has 4 rings (SSSR count). The number of halogens is 3. The molecule has 2 aromatic rings. The summed E-state index contributed by atoms with van der Waals surface area (Å²) >= 11 is 0. The number of nitrogens with zero attached hydrogens (tertiary/aromatic N) is 1. The first kappa shape index (κ1) is 20.3. The first-order valence-corrected chi connectivity index (χ1v) is 9.70. The van der Waals surface area contributed by atoms with E-state index in [9.17, 15) is 27.9 Å². The van der Waals surface area contributed by atoms with Gasteiger partial charge >= 0.3 is 18.2 Å². The summed E-state index contributed by atoms with van der Waals surface area (Å²) in [6.45, 7) is -0.160. The molecular weight excluding hydrogens is 399 g/mol. The van der Waals surface area contributed by atoms with E-state index in [4.69, 9.17) is 4.74 Å². The first-order chi connectivity index (χ1) is 14.3. The Hall–Kier alpha value is -3.03. The van der Waals surface area contributed by atoms with Crippen LogP contribution in [0, 0.1) is 5.92 Å². The number of amides is 1. The van der Waals surface area contributed by atoms with E-state index in [0.717, 1.165) is 22.3 Å². The molecule has 1 fully saturated rings. The van der Waals surface area contributed by atoms with Gasteiger partial charge in [-0.15, -0.1) is 0 Å². The maximum atomic E-state index is 13.3. The number of hydrogen-bond donors (Lipinski definition) is 1. The van der Waals surface area contributed by atoms with E-state index in [1.54, 1.807) is 0 Å². The van der Waals surface area contributed by atoms with Gasteiger partial charge in [-0.25, -0.2) is 9.59 Å². The first-order valence-electron chi connectivity index (χ1n) is 9.70. The number of fused-ring (bicyclic) bond motifs is 3. The fourth-order valence-corrected chi connectivity index (χ4v) is 4.53. The van der Waals surface area contributed by atoms with Crippen molar-refractivity contribution in [2.45, 2.75) is 31.0 Å². The van der Waals surface area contributed by atoms with Crippen molar-refractivity contribution in [3.8, 4) is 11.1 Å². The third-order valence-electron chi connectivity index (χ3n) is 5.88. The van der Waals surface area contributed by atoms with Crippen molar-refractivity contribution < 1.29 is 32.6 Å². The topological polar surface area (TPSA) is 66.8 Å². The Kier molecular flexibility index (Phi) is 5.17. The monoisotopic (exact) mass is 419 g/mol. The highest BCUT2D eigenvalue weighted by Gasteiger charge is 2.53. The summed E-state index contributed by atoms with van der Waals surface area (Å²) in [6.07, 6.45) is -5.99. The number of carboxylic acid groups (broad SMARTS) is 1. The van der Waals surface area contributed by atoms with Crippen LogP contribution in [0.5, 0.6) is 0 Å². The van der Waals surface area contributed by atoms with E-state index < -0.39 is 30.2 Å². The number of hydrogen-bond acceptors (Lipinski definition) is 3. The predicted octanol–water partition coefficient (Wildman–Crippen LogP) is 4.66. The molecule has 0 bridgehead atoms. The number of ether oxygens (including phenoxy) is 1. The zero-order chi connectivity index (χ0) is 21.5. The summed E-state index contributed by atoms with van der Waals surface area (Å²) in [7, 11) is 0. The molecule has 1 amide bonds. The van der Waals surface area contributed by atoms with Gasteiger partial charge in [0.25, 0.3) is 0 Å². The molecule has 158 valence electrons.